The van der Waals surface area contributed by atoms with Crippen LogP contribution < -0.4 is 5.73 Å². The Kier molecular flexibility index (Phi) is 4.60. The van der Waals surface area contributed by atoms with Gasteiger partial charge in [0.25, 0.3) is 0 Å². The number of aryl methyl sites for hydroxylation is 2. The third-order valence-electron chi connectivity index (χ3n) is 4.42. The van der Waals surface area contributed by atoms with Gasteiger partial charge in [0, 0.05) is 25.7 Å². The van der Waals surface area contributed by atoms with E-state index in [2.05, 4.69) is 11.8 Å². The Bertz CT molecular complexity index is 628. The molecule has 2 N–H and O–H groups in total. The Morgan fingerprint density at radius 1 is 1.24 bits per heavy atom. The van der Waals surface area contributed by atoms with Gasteiger partial charge in [-0.25, -0.2) is 8.42 Å². The minimum atomic E-state index is -3.53. The van der Waals surface area contributed by atoms with E-state index in [0.29, 0.717) is 24.3 Å². The van der Waals surface area contributed by atoms with E-state index in [1.54, 1.807) is 11.2 Å². The minimum Gasteiger partial charge on any atom is -0.397 e. The second kappa shape index (κ2) is 5.94. The maximum Gasteiger partial charge on any atom is 0.245 e. The van der Waals surface area contributed by atoms with Gasteiger partial charge in [0.05, 0.1) is 5.69 Å². The lowest BCUT2D eigenvalue weighted by Gasteiger charge is -2.38. The molecule has 0 aliphatic carbocycles. The summed E-state index contributed by atoms with van der Waals surface area (Å²) in [5.74, 6) is 0. The number of anilines is 1. The molecular formula is C15H25N3O2S. The van der Waals surface area contributed by atoms with Crippen molar-refractivity contribution < 1.29 is 8.42 Å². The van der Waals surface area contributed by atoms with Gasteiger partial charge in [-0.1, -0.05) is 19.1 Å². The van der Waals surface area contributed by atoms with Crippen molar-refractivity contribution in [3.8, 4) is 0 Å². The van der Waals surface area contributed by atoms with Gasteiger partial charge in [0.15, 0.2) is 0 Å². The highest BCUT2D eigenvalue weighted by Crippen LogP contribution is 2.30. The van der Waals surface area contributed by atoms with Crippen molar-refractivity contribution in [2.75, 3.05) is 32.4 Å². The lowest BCUT2D eigenvalue weighted by Crippen LogP contribution is -2.53. The molecule has 1 aromatic carbocycles. The number of sulfonamides is 1. The fourth-order valence-corrected chi connectivity index (χ4v) is 4.72. The van der Waals surface area contributed by atoms with E-state index >= 15 is 0 Å². The number of hydrogen-bond donors (Lipinski definition) is 1. The number of rotatable bonds is 3. The molecule has 0 spiro atoms. The van der Waals surface area contributed by atoms with Crippen molar-refractivity contribution in [1.82, 2.24) is 9.21 Å². The van der Waals surface area contributed by atoms with Gasteiger partial charge in [0.2, 0.25) is 10.0 Å². The van der Waals surface area contributed by atoms with Crippen LogP contribution in [0.25, 0.3) is 0 Å². The normalized spacial score (nSPS) is 21.6. The zero-order valence-electron chi connectivity index (χ0n) is 13.3. The van der Waals surface area contributed by atoms with Crippen LogP contribution in [0.5, 0.6) is 0 Å². The maximum absolute atomic E-state index is 13.0. The molecule has 0 amide bonds. The summed E-state index contributed by atoms with van der Waals surface area (Å²) in [6, 6.07) is 3.95. The van der Waals surface area contributed by atoms with Crippen LogP contribution in [0.2, 0.25) is 0 Å². The summed E-state index contributed by atoms with van der Waals surface area (Å²) in [5, 5.41) is 0. The van der Waals surface area contributed by atoms with Crippen LogP contribution in [0.4, 0.5) is 5.69 Å². The van der Waals surface area contributed by atoms with E-state index in [1.807, 2.05) is 26.1 Å². The van der Waals surface area contributed by atoms with E-state index in [4.69, 9.17) is 5.73 Å². The standard InChI is InChI=1S/C15H25N3O2S/c1-5-13-10-18(9-8-17(13)4)21(19,20)15-12(3)7-6-11(2)14(15)16/h6-7,13H,5,8-10,16H2,1-4H3. The Balaban J connectivity index is 2.42. The van der Waals surface area contributed by atoms with Crippen molar-refractivity contribution >= 4 is 15.7 Å². The molecule has 0 bridgehead atoms. The van der Waals surface area contributed by atoms with Gasteiger partial charge in [-0.3, -0.25) is 0 Å². The SMILES string of the molecule is CCC1CN(S(=O)(=O)c2c(C)ccc(C)c2N)CCN1C. The summed E-state index contributed by atoms with van der Waals surface area (Å²) in [6.07, 6.45) is 0.935. The highest BCUT2D eigenvalue weighted by atomic mass is 32.2. The van der Waals surface area contributed by atoms with Gasteiger partial charge < -0.3 is 10.6 Å². The second-order valence-corrected chi connectivity index (χ2v) is 7.72. The Morgan fingerprint density at radius 2 is 1.86 bits per heavy atom. The molecule has 1 heterocycles. The van der Waals surface area contributed by atoms with Crippen LogP contribution in [-0.4, -0.2) is 50.3 Å². The second-order valence-electron chi connectivity index (χ2n) is 5.85. The van der Waals surface area contributed by atoms with Crippen molar-refractivity contribution in [3.05, 3.63) is 23.3 Å². The van der Waals surface area contributed by atoms with Crippen molar-refractivity contribution in [3.63, 3.8) is 0 Å². The minimum absolute atomic E-state index is 0.264. The molecule has 6 heteroatoms. The molecule has 0 aromatic heterocycles. The predicted molar refractivity (Wildman–Crippen MR) is 85.8 cm³/mol. The Labute approximate surface area is 127 Å². The molecule has 1 aliphatic heterocycles. The van der Waals surface area contributed by atoms with Crippen LogP contribution in [0.15, 0.2) is 17.0 Å². The maximum atomic E-state index is 13.0. The van der Waals surface area contributed by atoms with E-state index in [-0.39, 0.29) is 10.9 Å². The molecular weight excluding hydrogens is 286 g/mol. The molecule has 1 fully saturated rings. The number of benzene rings is 1. The van der Waals surface area contributed by atoms with Crippen LogP contribution in [0.1, 0.15) is 24.5 Å². The summed E-state index contributed by atoms with van der Waals surface area (Å²) in [4.78, 5) is 2.50. The molecule has 2 rings (SSSR count). The molecule has 1 unspecified atom stereocenters. The van der Waals surface area contributed by atoms with E-state index < -0.39 is 10.0 Å². The summed E-state index contributed by atoms with van der Waals surface area (Å²) in [6.45, 7) is 7.53. The highest BCUT2D eigenvalue weighted by Gasteiger charge is 2.34. The first kappa shape index (κ1) is 16.3. The van der Waals surface area contributed by atoms with Crippen LogP contribution in [0, 0.1) is 13.8 Å². The van der Waals surface area contributed by atoms with Gasteiger partial charge in [-0.05, 0) is 38.4 Å². The Hall–Kier alpha value is -1.11. The van der Waals surface area contributed by atoms with Crippen LogP contribution >= 0.6 is 0 Å². The summed E-state index contributed by atoms with van der Waals surface area (Å²) in [7, 11) is -1.48. The van der Waals surface area contributed by atoms with Crippen molar-refractivity contribution in [1.29, 1.82) is 0 Å². The lowest BCUT2D eigenvalue weighted by molar-refractivity contribution is 0.144. The molecule has 1 aliphatic rings. The highest BCUT2D eigenvalue weighted by molar-refractivity contribution is 7.89. The molecule has 21 heavy (non-hydrogen) atoms. The fourth-order valence-electron chi connectivity index (χ4n) is 2.86. The fraction of sp³-hybridized carbons (Fsp3) is 0.600. The molecule has 1 aromatic rings. The van der Waals surface area contributed by atoms with Crippen LogP contribution in [0.3, 0.4) is 0 Å². The van der Waals surface area contributed by atoms with E-state index in [0.717, 1.165) is 18.5 Å². The average Bonchev–Trinajstić information content (AvgIpc) is 2.43. The van der Waals surface area contributed by atoms with E-state index in [9.17, 15) is 8.42 Å². The van der Waals surface area contributed by atoms with Crippen molar-refractivity contribution in [2.24, 2.45) is 0 Å². The third kappa shape index (κ3) is 2.93. The summed E-state index contributed by atoms with van der Waals surface area (Å²) in [5.41, 5.74) is 7.95. The first-order valence-electron chi connectivity index (χ1n) is 7.35. The van der Waals surface area contributed by atoms with Crippen LogP contribution in [-0.2, 0) is 10.0 Å². The number of nitrogen functional groups attached to an aromatic ring is 1. The Morgan fingerprint density at radius 3 is 2.48 bits per heavy atom. The molecule has 5 nitrogen and oxygen atoms in total. The first-order chi connectivity index (χ1) is 9.78. The largest absolute Gasteiger partial charge is 0.397 e. The smallest absolute Gasteiger partial charge is 0.245 e. The number of nitrogens with zero attached hydrogens (tertiary/aromatic N) is 2. The molecule has 0 saturated carbocycles. The zero-order valence-corrected chi connectivity index (χ0v) is 14.1. The lowest BCUT2D eigenvalue weighted by atomic mass is 10.1. The summed E-state index contributed by atoms with van der Waals surface area (Å²) >= 11 is 0. The topological polar surface area (TPSA) is 66.6 Å². The average molecular weight is 311 g/mol. The van der Waals surface area contributed by atoms with Gasteiger partial charge >= 0.3 is 0 Å². The quantitative estimate of drug-likeness (QED) is 0.861. The predicted octanol–water partition coefficient (Wildman–Crippen LogP) is 1.60. The molecule has 0 radical (unpaired) electrons. The number of piperazine rings is 1. The van der Waals surface area contributed by atoms with Gasteiger partial charge in [-0.2, -0.15) is 4.31 Å². The monoisotopic (exact) mass is 311 g/mol. The molecule has 118 valence electrons. The number of hydrogen-bond acceptors (Lipinski definition) is 4. The first-order valence-corrected chi connectivity index (χ1v) is 8.79. The van der Waals surface area contributed by atoms with Gasteiger partial charge in [0.1, 0.15) is 4.90 Å². The number of nitrogens with two attached hydrogens (primary N) is 1. The molecule has 1 saturated heterocycles. The van der Waals surface area contributed by atoms with Crippen molar-refractivity contribution in [2.45, 2.75) is 38.1 Å². The van der Waals surface area contributed by atoms with E-state index in [1.165, 1.54) is 0 Å². The third-order valence-corrected chi connectivity index (χ3v) is 6.49. The summed E-state index contributed by atoms with van der Waals surface area (Å²) < 4.78 is 27.5. The molecule has 1 atom stereocenters. The zero-order chi connectivity index (χ0) is 15.8. The van der Waals surface area contributed by atoms with Gasteiger partial charge in [-0.15, -0.1) is 0 Å². The number of likely N-dealkylation sites (N-methyl/N-ethyl adjacent to an activating group) is 1.